The lowest BCUT2D eigenvalue weighted by Crippen LogP contribution is -2.29. The molecule has 0 saturated carbocycles. The molecule has 0 aliphatic heterocycles. The van der Waals surface area contributed by atoms with E-state index in [0.717, 1.165) is 11.1 Å². The first kappa shape index (κ1) is 17.5. The Morgan fingerprint density at radius 3 is 2.68 bits per heavy atom. The smallest absolute Gasteiger partial charge is 0.303 e. The number of ether oxygens (including phenoxy) is 1. The number of halogens is 1. The van der Waals surface area contributed by atoms with Crippen LogP contribution in [-0.4, -0.2) is 23.5 Å². The van der Waals surface area contributed by atoms with E-state index >= 15 is 0 Å². The third-order valence-corrected chi connectivity index (χ3v) is 4.93. The summed E-state index contributed by atoms with van der Waals surface area (Å²) >= 11 is 6.35. The van der Waals surface area contributed by atoms with Crippen molar-refractivity contribution in [1.82, 2.24) is 0 Å². The normalized spacial score (nSPS) is 18.9. The SMILES string of the molecule is C[C@]1(c2ccccc2)Cc2cc(OCCCC(=O)O)cc(Cl)c2C1=O. The Balaban J connectivity index is 1.83. The van der Waals surface area contributed by atoms with Crippen molar-refractivity contribution in [3.63, 3.8) is 0 Å². The van der Waals surface area contributed by atoms with Crippen LogP contribution >= 0.6 is 11.6 Å². The minimum absolute atomic E-state index is 0.0242. The average molecular weight is 359 g/mol. The van der Waals surface area contributed by atoms with Crippen molar-refractivity contribution >= 4 is 23.4 Å². The second kappa shape index (κ2) is 6.89. The van der Waals surface area contributed by atoms with E-state index < -0.39 is 11.4 Å². The predicted octanol–water partition coefficient (Wildman–Crippen LogP) is 4.28. The van der Waals surface area contributed by atoms with Gasteiger partial charge in [-0.15, -0.1) is 0 Å². The molecule has 0 radical (unpaired) electrons. The third kappa shape index (κ3) is 3.40. The molecular weight excluding hydrogens is 340 g/mol. The molecule has 5 heteroatoms. The lowest BCUT2D eigenvalue weighted by Gasteiger charge is -2.22. The molecule has 0 amide bonds. The molecule has 0 aromatic heterocycles. The van der Waals surface area contributed by atoms with E-state index in [-0.39, 0.29) is 12.2 Å². The molecule has 25 heavy (non-hydrogen) atoms. The van der Waals surface area contributed by atoms with Crippen LogP contribution < -0.4 is 4.74 Å². The topological polar surface area (TPSA) is 63.6 Å². The fraction of sp³-hybridized carbons (Fsp3) is 0.300. The van der Waals surface area contributed by atoms with Crippen LogP contribution in [0.1, 0.15) is 41.3 Å². The molecule has 2 aromatic rings. The van der Waals surface area contributed by atoms with Crippen LogP contribution in [0, 0.1) is 0 Å². The second-order valence-electron chi connectivity index (χ2n) is 6.49. The molecule has 1 atom stereocenters. The lowest BCUT2D eigenvalue weighted by atomic mass is 9.79. The van der Waals surface area contributed by atoms with Crippen LogP contribution in [0.3, 0.4) is 0 Å². The number of hydrogen-bond acceptors (Lipinski definition) is 3. The number of carbonyl (C=O) groups is 2. The summed E-state index contributed by atoms with van der Waals surface area (Å²) in [5.41, 5.74) is 1.77. The fourth-order valence-corrected chi connectivity index (χ4v) is 3.62. The van der Waals surface area contributed by atoms with E-state index in [1.165, 1.54) is 0 Å². The monoisotopic (exact) mass is 358 g/mol. The first-order chi connectivity index (χ1) is 11.9. The number of ketones is 1. The molecule has 0 unspecified atom stereocenters. The minimum Gasteiger partial charge on any atom is -0.494 e. The Kier molecular flexibility index (Phi) is 4.82. The first-order valence-electron chi connectivity index (χ1n) is 8.19. The zero-order valence-electron chi connectivity index (χ0n) is 13.9. The fourth-order valence-electron chi connectivity index (χ4n) is 3.30. The summed E-state index contributed by atoms with van der Waals surface area (Å²) < 4.78 is 5.61. The number of fused-ring (bicyclic) bond motifs is 1. The summed E-state index contributed by atoms with van der Waals surface area (Å²) in [5, 5.41) is 9.05. The standard InChI is InChI=1S/C20H19ClO4/c1-20(14-6-3-2-4-7-14)12-13-10-15(25-9-5-8-17(22)23)11-16(21)18(13)19(20)24/h2-4,6-7,10-11H,5,8-9,12H2,1H3,(H,22,23)/t20-/m1/s1. The molecule has 0 spiro atoms. The van der Waals surface area contributed by atoms with Gasteiger partial charge >= 0.3 is 5.97 Å². The van der Waals surface area contributed by atoms with Crippen molar-refractivity contribution in [2.45, 2.75) is 31.6 Å². The Hall–Kier alpha value is -2.33. The quantitative estimate of drug-likeness (QED) is 0.783. The van der Waals surface area contributed by atoms with Gasteiger partial charge in [0.15, 0.2) is 5.78 Å². The Labute approximate surface area is 151 Å². The Bertz CT molecular complexity index is 816. The van der Waals surface area contributed by atoms with Crippen LogP contribution in [-0.2, 0) is 16.6 Å². The van der Waals surface area contributed by atoms with Crippen molar-refractivity contribution in [2.75, 3.05) is 6.61 Å². The van der Waals surface area contributed by atoms with Crippen molar-refractivity contribution < 1.29 is 19.4 Å². The molecule has 0 heterocycles. The molecular formula is C20H19ClO4. The summed E-state index contributed by atoms with van der Waals surface area (Å²) in [6, 6.07) is 13.2. The number of carboxylic acid groups (broad SMARTS) is 1. The van der Waals surface area contributed by atoms with E-state index in [1.54, 1.807) is 6.07 Å². The molecule has 0 fully saturated rings. The van der Waals surface area contributed by atoms with E-state index in [4.69, 9.17) is 21.4 Å². The summed E-state index contributed by atoms with van der Waals surface area (Å²) in [7, 11) is 0. The number of benzene rings is 2. The van der Waals surface area contributed by atoms with E-state index in [9.17, 15) is 9.59 Å². The molecule has 1 aliphatic carbocycles. The van der Waals surface area contributed by atoms with Gasteiger partial charge in [-0.2, -0.15) is 0 Å². The molecule has 3 rings (SSSR count). The number of Topliss-reactive ketones (excluding diaryl/α,β-unsaturated/α-hetero) is 1. The highest BCUT2D eigenvalue weighted by Crippen LogP contribution is 2.43. The van der Waals surface area contributed by atoms with Gasteiger partial charge in [0.1, 0.15) is 5.75 Å². The molecule has 1 N–H and O–H groups in total. The molecule has 2 aromatic carbocycles. The molecule has 4 nitrogen and oxygen atoms in total. The van der Waals surface area contributed by atoms with E-state index in [1.807, 2.05) is 43.3 Å². The summed E-state index contributed by atoms with van der Waals surface area (Å²) in [6.45, 7) is 2.24. The van der Waals surface area contributed by atoms with Gasteiger partial charge in [0.05, 0.1) is 17.0 Å². The van der Waals surface area contributed by atoms with Gasteiger partial charge in [0.2, 0.25) is 0 Å². The van der Waals surface area contributed by atoms with E-state index in [2.05, 4.69) is 0 Å². The van der Waals surface area contributed by atoms with E-state index in [0.29, 0.717) is 35.8 Å². The largest absolute Gasteiger partial charge is 0.494 e. The van der Waals surface area contributed by atoms with Gasteiger partial charge in [-0.1, -0.05) is 41.9 Å². The highest BCUT2D eigenvalue weighted by Gasteiger charge is 2.44. The highest BCUT2D eigenvalue weighted by atomic mass is 35.5. The van der Waals surface area contributed by atoms with Crippen LogP contribution in [0.2, 0.25) is 5.02 Å². The molecule has 130 valence electrons. The van der Waals surface area contributed by atoms with Crippen molar-refractivity contribution in [2.24, 2.45) is 0 Å². The molecule has 1 aliphatic rings. The number of carbonyl (C=O) groups excluding carboxylic acids is 1. The zero-order valence-corrected chi connectivity index (χ0v) is 14.7. The number of rotatable bonds is 6. The maximum Gasteiger partial charge on any atom is 0.303 e. The van der Waals surface area contributed by atoms with Gasteiger partial charge in [0, 0.05) is 12.0 Å². The average Bonchev–Trinajstić information content (AvgIpc) is 2.85. The van der Waals surface area contributed by atoms with Gasteiger partial charge in [-0.3, -0.25) is 9.59 Å². The second-order valence-corrected chi connectivity index (χ2v) is 6.90. The Morgan fingerprint density at radius 1 is 1.28 bits per heavy atom. The van der Waals surface area contributed by atoms with Crippen LogP contribution in [0.5, 0.6) is 5.75 Å². The van der Waals surface area contributed by atoms with Crippen LogP contribution in [0.25, 0.3) is 0 Å². The van der Waals surface area contributed by atoms with Crippen molar-refractivity contribution in [3.05, 3.63) is 64.2 Å². The molecule has 0 bridgehead atoms. The van der Waals surface area contributed by atoms with Gasteiger partial charge in [0.25, 0.3) is 0 Å². The maximum atomic E-state index is 13.0. The number of aliphatic carboxylic acids is 1. The number of carboxylic acids is 1. The van der Waals surface area contributed by atoms with Crippen molar-refractivity contribution in [3.8, 4) is 5.75 Å². The summed E-state index contributed by atoms with van der Waals surface area (Å²) in [5.74, 6) is -0.254. The summed E-state index contributed by atoms with van der Waals surface area (Å²) in [6.07, 6.45) is 1.05. The predicted molar refractivity (Wildman–Crippen MR) is 95.6 cm³/mol. The minimum atomic E-state index is -0.847. The highest BCUT2D eigenvalue weighted by molar-refractivity contribution is 6.35. The van der Waals surface area contributed by atoms with Gasteiger partial charge in [-0.25, -0.2) is 0 Å². The van der Waals surface area contributed by atoms with Crippen LogP contribution in [0.15, 0.2) is 42.5 Å². The lowest BCUT2D eigenvalue weighted by molar-refractivity contribution is -0.137. The van der Waals surface area contributed by atoms with Gasteiger partial charge < -0.3 is 9.84 Å². The first-order valence-corrected chi connectivity index (χ1v) is 8.57. The number of hydrogen-bond donors (Lipinski definition) is 1. The Morgan fingerprint density at radius 2 is 2.00 bits per heavy atom. The van der Waals surface area contributed by atoms with Crippen molar-refractivity contribution in [1.29, 1.82) is 0 Å². The third-order valence-electron chi connectivity index (χ3n) is 4.63. The molecule has 0 saturated heterocycles. The summed E-state index contributed by atoms with van der Waals surface area (Å²) in [4.78, 5) is 23.5. The van der Waals surface area contributed by atoms with Crippen LogP contribution in [0.4, 0.5) is 0 Å². The maximum absolute atomic E-state index is 13.0. The van der Waals surface area contributed by atoms with Gasteiger partial charge in [-0.05, 0) is 43.0 Å². The zero-order chi connectivity index (χ0) is 18.0.